The van der Waals surface area contributed by atoms with Gasteiger partial charge in [0.05, 0.1) is 29.2 Å². The van der Waals surface area contributed by atoms with Gasteiger partial charge in [-0.1, -0.05) is 30.3 Å². The summed E-state index contributed by atoms with van der Waals surface area (Å²) in [6.07, 6.45) is 1.43. The topological polar surface area (TPSA) is 121 Å². The Morgan fingerprint density at radius 3 is 2.68 bits per heavy atom. The number of rotatable bonds is 9. The fourth-order valence-corrected chi connectivity index (χ4v) is 2.94. The monoisotopic (exact) mass is 435 g/mol. The zero-order valence-corrected chi connectivity index (χ0v) is 16.9. The second-order valence-electron chi connectivity index (χ2n) is 7.22. The first-order valence-electron chi connectivity index (χ1n) is 9.45. The van der Waals surface area contributed by atoms with Crippen LogP contribution in [0.25, 0.3) is 10.9 Å². The molecule has 0 spiro atoms. The number of hydrogen-bond donors (Lipinski definition) is 4. The van der Waals surface area contributed by atoms with E-state index in [2.05, 4.69) is 30.6 Å². The number of halogens is 2. The molecule has 4 N–H and O–H groups in total. The highest BCUT2D eigenvalue weighted by molar-refractivity contribution is 5.92. The number of carbonyl (C=O) groups excluding carboxylic acids is 1. The van der Waals surface area contributed by atoms with Gasteiger partial charge in [-0.15, -0.1) is 5.10 Å². The molecule has 2 aromatic heterocycles. The normalized spacial score (nSPS) is 12.7. The van der Waals surface area contributed by atoms with Crippen LogP contribution in [0.2, 0.25) is 0 Å². The van der Waals surface area contributed by atoms with Crippen molar-refractivity contribution >= 4 is 22.8 Å². The van der Waals surface area contributed by atoms with E-state index in [1.165, 1.54) is 6.20 Å². The van der Waals surface area contributed by atoms with Crippen molar-refractivity contribution in [3.8, 4) is 5.88 Å². The highest BCUT2D eigenvalue weighted by Gasteiger charge is 2.30. The maximum absolute atomic E-state index is 12.5. The lowest BCUT2D eigenvalue weighted by Gasteiger charge is -2.30. The Morgan fingerprint density at radius 2 is 2.00 bits per heavy atom. The number of aromatic amines is 1. The van der Waals surface area contributed by atoms with E-state index in [1.54, 1.807) is 19.9 Å². The minimum Gasteiger partial charge on any atom is -0.474 e. The molecule has 0 radical (unpaired) electrons. The minimum absolute atomic E-state index is 0.107. The van der Waals surface area contributed by atoms with Gasteiger partial charge in [-0.25, -0.2) is 9.78 Å². The number of hydrogen-bond acceptors (Lipinski definition) is 6. The molecule has 2 heterocycles. The van der Waals surface area contributed by atoms with Crippen molar-refractivity contribution in [1.82, 2.24) is 20.5 Å². The number of amides is 2. The van der Waals surface area contributed by atoms with E-state index >= 15 is 0 Å². The number of ether oxygens (including phenoxy) is 2. The van der Waals surface area contributed by atoms with Crippen molar-refractivity contribution in [3.63, 3.8) is 0 Å². The predicted octanol–water partition coefficient (Wildman–Crippen LogP) is 3.21. The Bertz CT molecular complexity index is 1010. The lowest BCUT2D eigenvalue weighted by molar-refractivity contribution is -0.133. The largest absolute Gasteiger partial charge is 0.474 e. The third-order valence-electron chi connectivity index (χ3n) is 4.33. The van der Waals surface area contributed by atoms with Crippen LogP contribution in [0.15, 0.2) is 42.6 Å². The van der Waals surface area contributed by atoms with E-state index in [0.717, 1.165) is 5.56 Å². The highest BCUT2D eigenvalue weighted by Crippen LogP contribution is 2.26. The number of carbonyl (C=O) groups is 1. The van der Waals surface area contributed by atoms with Crippen molar-refractivity contribution < 1.29 is 28.2 Å². The van der Waals surface area contributed by atoms with E-state index in [0.29, 0.717) is 10.9 Å². The Morgan fingerprint density at radius 1 is 1.26 bits per heavy atom. The number of aliphatic hydroxyl groups is 1. The smallest absolute Gasteiger partial charge is 0.345 e. The number of H-pyrrole nitrogens is 1. The van der Waals surface area contributed by atoms with Gasteiger partial charge in [-0.2, -0.15) is 8.78 Å². The van der Waals surface area contributed by atoms with Crippen LogP contribution in [0.4, 0.5) is 19.4 Å². The van der Waals surface area contributed by atoms with Crippen LogP contribution in [0, 0.1) is 0 Å². The summed E-state index contributed by atoms with van der Waals surface area (Å²) in [5.74, 6) is 0.423. The number of benzene rings is 1. The van der Waals surface area contributed by atoms with E-state index in [1.807, 2.05) is 30.3 Å². The average molecular weight is 435 g/mol. The molecule has 3 aromatic rings. The van der Waals surface area contributed by atoms with E-state index in [4.69, 9.17) is 4.74 Å². The van der Waals surface area contributed by atoms with Gasteiger partial charge in [0.2, 0.25) is 5.88 Å². The van der Waals surface area contributed by atoms with Crippen LogP contribution in [0.1, 0.15) is 25.5 Å². The number of aromatic nitrogens is 3. The standard InChI is InChI=1S/C20H23F2N5O4/c1-20(2,29)16(12-6-4-3-5-7-12)25-19(28)24-15-10-14-13(11-23-15)17(27-26-14)30-8-9-31-18(21)22/h3-7,10-11,16,18,29H,8-9H2,1-2H3,(H,26,27)(H2,23,24,25,28). The predicted molar refractivity (Wildman–Crippen MR) is 109 cm³/mol. The first-order valence-corrected chi connectivity index (χ1v) is 9.45. The number of alkyl halides is 2. The Balaban J connectivity index is 1.65. The van der Waals surface area contributed by atoms with Crippen molar-refractivity contribution in [2.45, 2.75) is 32.1 Å². The summed E-state index contributed by atoms with van der Waals surface area (Å²) < 4.78 is 33.4. The van der Waals surface area contributed by atoms with Crippen LogP contribution in [-0.2, 0) is 4.74 Å². The maximum atomic E-state index is 12.5. The van der Waals surface area contributed by atoms with Gasteiger partial charge in [0.1, 0.15) is 12.4 Å². The van der Waals surface area contributed by atoms with E-state index < -0.39 is 24.3 Å². The molecule has 11 heteroatoms. The Labute approximate surface area is 176 Å². The Hall–Kier alpha value is -3.31. The van der Waals surface area contributed by atoms with Crippen molar-refractivity contribution in [2.24, 2.45) is 0 Å². The van der Waals surface area contributed by atoms with E-state index in [-0.39, 0.29) is 24.9 Å². The molecule has 9 nitrogen and oxygen atoms in total. The highest BCUT2D eigenvalue weighted by atomic mass is 19.3. The molecule has 166 valence electrons. The molecular weight excluding hydrogens is 412 g/mol. The summed E-state index contributed by atoms with van der Waals surface area (Å²) >= 11 is 0. The van der Waals surface area contributed by atoms with Crippen molar-refractivity contribution in [1.29, 1.82) is 0 Å². The summed E-state index contributed by atoms with van der Waals surface area (Å²) in [6.45, 7) is -0.0476. The van der Waals surface area contributed by atoms with Gasteiger partial charge < -0.3 is 19.9 Å². The quantitative estimate of drug-likeness (QED) is 0.383. The molecule has 0 aliphatic carbocycles. The summed E-state index contributed by atoms with van der Waals surface area (Å²) in [5, 5.41) is 23.0. The summed E-state index contributed by atoms with van der Waals surface area (Å²) in [4.78, 5) is 16.7. The number of urea groups is 1. The zero-order valence-electron chi connectivity index (χ0n) is 16.9. The fraction of sp³-hybridized carbons (Fsp3) is 0.350. The average Bonchev–Trinajstić information content (AvgIpc) is 3.11. The van der Waals surface area contributed by atoms with Crippen LogP contribution < -0.4 is 15.4 Å². The van der Waals surface area contributed by atoms with Crippen LogP contribution in [0.3, 0.4) is 0 Å². The number of nitrogens with one attached hydrogen (secondary N) is 3. The molecule has 0 fully saturated rings. The molecule has 0 saturated heterocycles. The third kappa shape index (κ3) is 6.09. The van der Waals surface area contributed by atoms with Crippen LogP contribution in [0.5, 0.6) is 5.88 Å². The van der Waals surface area contributed by atoms with Gasteiger partial charge in [-0.3, -0.25) is 10.4 Å². The summed E-state index contributed by atoms with van der Waals surface area (Å²) in [5.41, 5.74) is 0.0663. The van der Waals surface area contributed by atoms with Crippen LogP contribution >= 0.6 is 0 Å². The molecule has 1 aromatic carbocycles. The summed E-state index contributed by atoms with van der Waals surface area (Å²) in [6, 6.07) is 9.45. The molecule has 31 heavy (non-hydrogen) atoms. The van der Waals surface area contributed by atoms with Crippen molar-refractivity contribution in [3.05, 3.63) is 48.2 Å². The Kier molecular flexibility index (Phi) is 6.98. The third-order valence-corrected chi connectivity index (χ3v) is 4.33. The van der Waals surface area contributed by atoms with Gasteiger partial charge >= 0.3 is 12.6 Å². The minimum atomic E-state index is -2.86. The van der Waals surface area contributed by atoms with Crippen LogP contribution in [-0.4, -0.2) is 51.7 Å². The number of nitrogens with zero attached hydrogens (tertiary/aromatic N) is 2. The zero-order chi connectivity index (χ0) is 22.4. The van der Waals surface area contributed by atoms with E-state index in [9.17, 15) is 18.7 Å². The SMILES string of the molecule is CC(C)(O)C(NC(=O)Nc1cc2[nH]nc(OCCOC(F)F)c2cn1)c1ccccc1. The first kappa shape index (κ1) is 22.4. The second-order valence-corrected chi connectivity index (χ2v) is 7.22. The van der Waals surface area contributed by atoms with Gasteiger partial charge in [0, 0.05) is 12.3 Å². The molecule has 0 saturated carbocycles. The summed E-state index contributed by atoms with van der Waals surface area (Å²) in [7, 11) is 0. The lowest BCUT2D eigenvalue weighted by Crippen LogP contribution is -2.43. The molecule has 1 atom stereocenters. The van der Waals surface area contributed by atoms with Gasteiger partial charge in [0.25, 0.3) is 0 Å². The first-order chi connectivity index (χ1) is 14.7. The molecular formula is C20H23F2N5O4. The van der Waals surface area contributed by atoms with Gasteiger partial charge in [-0.05, 0) is 19.4 Å². The molecule has 0 bridgehead atoms. The molecule has 2 amide bonds. The number of anilines is 1. The maximum Gasteiger partial charge on any atom is 0.345 e. The molecule has 1 unspecified atom stereocenters. The second kappa shape index (κ2) is 9.67. The lowest BCUT2D eigenvalue weighted by atomic mass is 9.92. The molecule has 0 aliphatic heterocycles. The molecule has 3 rings (SSSR count). The number of pyridine rings is 1. The van der Waals surface area contributed by atoms with Gasteiger partial charge in [0.15, 0.2) is 0 Å². The molecule has 0 aliphatic rings. The fourth-order valence-electron chi connectivity index (χ4n) is 2.94. The van der Waals surface area contributed by atoms with Crippen molar-refractivity contribution in [2.75, 3.05) is 18.5 Å². The number of fused-ring (bicyclic) bond motifs is 1.